The van der Waals surface area contributed by atoms with Crippen LogP contribution in [0.1, 0.15) is 40.0 Å². The number of nitrogens with zero attached hydrogens (tertiary/aromatic N) is 1. The van der Waals surface area contributed by atoms with Crippen molar-refractivity contribution in [3.63, 3.8) is 0 Å². The van der Waals surface area contributed by atoms with E-state index in [1.165, 1.54) is 0 Å². The Labute approximate surface area is 208 Å². The van der Waals surface area contributed by atoms with Gasteiger partial charge in [0.25, 0.3) is 0 Å². The summed E-state index contributed by atoms with van der Waals surface area (Å²) in [5, 5.41) is 15.9. The molecule has 8 nitrogen and oxygen atoms in total. The first kappa shape index (κ1) is 26.7. The number of carbonyl (C=O) groups excluding carboxylic acids is 3. The molecule has 1 saturated heterocycles. The molecule has 0 spiro atoms. The molecule has 3 rings (SSSR count). The lowest BCUT2D eigenvalue weighted by Gasteiger charge is -2.34. The Bertz CT molecular complexity index is 929. The number of carbonyl (C=O) groups is 3. The molecule has 1 aliphatic carbocycles. The van der Waals surface area contributed by atoms with Crippen LogP contribution in [0.25, 0.3) is 0 Å². The van der Waals surface area contributed by atoms with E-state index in [1.54, 1.807) is 43.3 Å². The van der Waals surface area contributed by atoms with Crippen molar-refractivity contribution in [2.24, 2.45) is 29.6 Å². The average Bonchev–Trinajstić information content (AvgIpc) is 3.14. The molecule has 35 heavy (non-hydrogen) atoms. The van der Waals surface area contributed by atoms with Gasteiger partial charge < -0.3 is 25.4 Å². The molecule has 0 aromatic heterocycles. The van der Waals surface area contributed by atoms with Gasteiger partial charge >= 0.3 is 0 Å². The van der Waals surface area contributed by atoms with Gasteiger partial charge in [-0.3, -0.25) is 14.4 Å². The molecule has 0 unspecified atom stereocenters. The summed E-state index contributed by atoms with van der Waals surface area (Å²) in [5.41, 5.74) is 0.586. The molecule has 3 amide bonds. The maximum absolute atomic E-state index is 14.0. The van der Waals surface area contributed by atoms with Gasteiger partial charge in [-0.05, 0) is 48.9 Å². The molecule has 1 aliphatic heterocycles. The fourth-order valence-electron chi connectivity index (χ4n) is 5.68. The number of aliphatic hydroxyl groups excluding tert-OH is 1. The third-order valence-electron chi connectivity index (χ3n) is 7.19. The number of rotatable bonds is 10. The molecule has 8 heteroatoms. The first-order valence-electron chi connectivity index (χ1n) is 12.5. The number of hydrogen-bond donors (Lipinski definition) is 3. The van der Waals surface area contributed by atoms with Crippen LogP contribution < -0.4 is 15.4 Å². The van der Waals surface area contributed by atoms with Crippen LogP contribution in [0.4, 0.5) is 5.69 Å². The van der Waals surface area contributed by atoms with Gasteiger partial charge in [0.15, 0.2) is 0 Å². The fraction of sp³-hybridized carbons (Fsp3) is 0.593. The monoisotopic (exact) mass is 485 g/mol. The number of hydrogen-bond acceptors (Lipinski definition) is 5. The minimum atomic E-state index is -0.823. The maximum Gasteiger partial charge on any atom is 0.247 e. The van der Waals surface area contributed by atoms with Crippen molar-refractivity contribution in [1.29, 1.82) is 0 Å². The smallest absolute Gasteiger partial charge is 0.247 e. The van der Waals surface area contributed by atoms with E-state index in [0.717, 1.165) is 12.8 Å². The first-order chi connectivity index (χ1) is 16.8. The fourth-order valence-corrected chi connectivity index (χ4v) is 5.68. The number of anilines is 1. The Morgan fingerprint density at radius 3 is 2.37 bits per heavy atom. The van der Waals surface area contributed by atoms with Gasteiger partial charge in [0.05, 0.1) is 31.6 Å². The van der Waals surface area contributed by atoms with Crippen LogP contribution in [0.5, 0.6) is 5.75 Å². The van der Waals surface area contributed by atoms with E-state index >= 15 is 0 Å². The largest absolute Gasteiger partial charge is 0.497 e. The Morgan fingerprint density at radius 2 is 1.83 bits per heavy atom. The van der Waals surface area contributed by atoms with Crippen LogP contribution in [0.3, 0.4) is 0 Å². The molecule has 1 fully saturated rings. The van der Waals surface area contributed by atoms with Crippen molar-refractivity contribution in [3.8, 4) is 5.75 Å². The summed E-state index contributed by atoms with van der Waals surface area (Å²) < 4.78 is 5.19. The molecule has 192 valence electrons. The number of benzene rings is 1. The molecule has 0 radical (unpaired) electrons. The van der Waals surface area contributed by atoms with Crippen LogP contribution in [0.2, 0.25) is 0 Å². The number of ether oxygens (including phenoxy) is 1. The molecule has 1 aromatic carbocycles. The van der Waals surface area contributed by atoms with Crippen LogP contribution in [-0.4, -0.2) is 60.6 Å². The highest BCUT2D eigenvalue weighted by molar-refractivity contribution is 6.02. The molecule has 2 aliphatic rings. The minimum Gasteiger partial charge on any atom is -0.497 e. The van der Waals surface area contributed by atoms with Gasteiger partial charge in [-0.2, -0.15) is 0 Å². The normalized spacial score (nSPS) is 26.4. The van der Waals surface area contributed by atoms with Crippen LogP contribution >= 0.6 is 0 Å². The van der Waals surface area contributed by atoms with Crippen molar-refractivity contribution in [3.05, 3.63) is 36.4 Å². The van der Waals surface area contributed by atoms with Crippen molar-refractivity contribution < 1.29 is 24.2 Å². The lowest BCUT2D eigenvalue weighted by molar-refractivity contribution is -0.143. The summed E-state index contributed by atoms with van der Waals surface area (Å²) in [6.07, 6.45) is 6.17. The number of fused-ring (bicyclic) bond motifs is 1. The zero-order chi connectivity index (χ0) is 25.7. The zero-order valence-electron chi connectivity index (χ0n) is 21.4. The SMILES string of the molecule is CCC[C@@H]1C=C[C@H]2[C@@H](C(=O)N([C@@H](CO)CC(C)C)[C@@H]2C(=O)Nc2ccc(OC)cc2)[C@@H]1C(=O)NC. The summed E-state index contributed by atoms with van der Waals surface area (Å²) in [5.74, 6) is -1.60. The number of nitrogens with one attached hydrogen (secondary N) is 2. The molecular weight excluding hydrogens is 446 g/mol. The molecule has 6 atom stereocenters. The summed E-state index contributed by atoms with van der Waals surface area (Å²) in [6, 6.07) is 5.66. The first-order valence-corrected chi connectivity index (χ1v) is 12.5. The van der Waals surface area contributed by atoms with Crippen molar-refractivity contribution >= 4 is 23.4 Å². The average molecular weight is 486 g/mol. The van der Waals surface area contributed by atoms with E-state index in [-0.39, 0.29) is 36.2 Å². The van der Waals surface area contributed by atoms with E-state index in [0.29, 0.717) is 17.9 Å². The summed E-state index contributed by atoms with van der Waals surface area (Å²) in [6.45, 7) is 5.85. The van der Waals surface area contributed by atoms with E-state index in [2.05, 4.69) is 17.6 Å². The van der Waals surface area contributed by atoms with Gasteiger partial charge in [-0.15, -0.1) is 0 Å². The maximum atomic E-state index is 14.0. The van der Waals surface area contributed by atoms with Gasteiger partial charge in [-0.25, -0.2) is 0 Å². The highest BCUT2D eigenvalue weighted by Crippen LogP contribution is 2.46. The van der Waals surface area contributed by atoms with Crippen LogP contribution in [-0.2, 0) is 14.4 Å². The molecule has 0 saturated carbocycles. The molecule has 3 N–H and O–H groups in total. The van der Waals surface area contributed by atoms with Crippen molar-refractivity contribution in [2.75, 3.05) is 26.1 Å². The highest BCUT2D eigenvalue weighted by atomic mass is 16.5. The quantitative estimate of drug-likeness (QED) is 0.442. The second-order valence-corrected chi connectivity index (χ2v) is 9.95. The van der Waals surface area contributed by atoms with Crippen LogP contribution in [0, 0.1) is 29.6 Å². The molecule has 1 heterocycles. The summed E-state index contributed by atoms with van der Waals surface area (Å²) >= 11 is 0. The topological polar surface area (TPSA) is 108 Å². The Morgan fingerprint density at radius 1 is 1.14 bits per heavy atom. The lowest BCUT2D eigenvalue weighted by Crippen LogP contribution is -2.51. The van der Waals surface area contributed by atoms with E-state index in [4.69, 9.17) is 4.74 Å². The molecule has 0 bridgehead atoms. The van der Waals surface area contributed by atoms with Gasteiger partial charge in [0.2, 0.25) is 17.7 Å². The van der Waals surface area contributed by atoms with E-state index < -0.39 is 29.8 Å². The third kappa shape index (κ3) is 5.53. The Kier molecular flexibility index (Phi) is 8.94. The minimum absolute atomic E-state index is 0.0759. The third-order valence-corrected chi connectivity index (χ3v) is 7.19. The second-order valence-electron chi connectivity index (χ2n) is 9.95. The van der Waals surface area contributed by atoms with E-state index in [1.807, 2.05) is 26.0 Å². The van der Waals surface area contributed by atoms with Crippen molar-refractivity contribution in [2.45, 2.75) is 52.1 Å². The number of methoxy groups -OCH3 is 1. The Balaban J connectivity index is 2.02. The highest BCUT2D eigenvalue weighted by Gasteiger charge is 2.58. The van der Waals surface area contributed by atoms with Crippen molar-refractivity contribution in [1.82, 2.24) is 10.2 Å². The number of aliphatic hydroxyl groups is 1. The molecule has 1 aromatic rings. The number of allylic oxidation sites excluding steroid dienone is 1. The zero-order valence-corrected chi connectivity index (χ0v) is 21.4. The number of amides is 3. The van der Waals surface area contributed by atoms with E-state index in [9.17, 15) is 19.5 Å². The van der Waals surface area contributed by atoms with Crippen LogP contribution in [0.15, 0.2) is 36.4 Å². The molecular formula is C27H39N3O5. The Hall–Kier alpha value is -2.87. The predicted molar refractivity (Wildman–Crippen MR) is 135 cm³/mol. The second kappa shape index (κ2) is 11.7. The predicted octanol–water partition coefficient (Wildman–Crippen LogP) is 2.83. The van der Waals surface area contributed by atoms with Gasteiger partial charge in [-0.1, -0.05) is 39.3 Å². The lowest BCUT2D eigenvalue weighted by atomic mass is 9.68. The standard InChI is InChI=1S/C27H39N3O5/c1-6-7-17-8-13-21-23(22(17)25(32)28-4)27(34)30(19(15-31)14-16(2)3)24(21)26(33)29-18-9-11-20(35-5)12-10-18/h8-13,16-17,19,21-24,31H,6-7,14-15H2,1-5H3,(H,28,32)(H,29,33)/t17-,19-,21+,22-,23-,24+/m1/s1. The van der Waals surface area contributed by atoms with Gasteiger partial charge in [0.1, 0.15) is 11.8 Å². The number of likely N-dealkylation sites (tertiary alicyclic amines) is 1. The summed E-state index contributed by atoms with van der Waals surface area (Å²) in [7, 11) is 3.16. The van der Waals surface area contributed by atoms with Gasteiger partial charge in [0, 0.05) is 18.7 Å². The summed E-state index contributed by atoms with van der Waals surface area (Å²) in [4.78, 5) is 42.2.